The molecule has 2 aromatic carbocycles. The highest BCUT2D eigenvalue weighted by atomic mass is 16.3. The molecule has 0 saturated carbocycles. The first-order valence-electron chi connectivity index (χ1n) is 6.43. The van der Waals surface area contributed by atoms with Gasteiger partial charge in [0, 0.05) is 17.8 Å². The van der Waals surface area contributed by atoms with Crippen molar-refractivity contribution in [3.8, 4) is 0 Å². The number of nitrogen functional groups attached to an aromatic ring is 1. The quantitative estimate of drug-likeness (QED) is 0.744. The summed E-state index contributed by atoms with van der Waals surface area (Å²) in [6, 6.07) is 12.7. The van der Waals surface area contributed by atoms with Crippen molar-refractivity contribution < 1.29 is 9.90 Å². The number of benzene rings is 2. The summed E-state index contributed by atoms with van der Waals surface area (Å²) in [5.74, 6) is -0.117. The van der Waals surface area contributed by atoms with Crippen LogP contribution in [-0.2, 0) is 13.2 Å². The summed E-state index contributed by atoms with van der Waals surface area (Å²) >= 11 is 0. The van der Waals surface area contributed by atoms with Gasteiger partial charge < -0.3 is 16.2 Å². The van der Waals surface area contributed by atoms with Gasteiger partial charge in [0.2, 0.25) is 0 Å². The zero-order valence-corrected chi connectivity index (χ0v) is 11.4. The van der Waals surface area contributed by atoms with Crippen LogP contribution in [0.25, 0.3) is 0 Å². The molecule has 0 unspecified atom stereocenters. The van der Waals surface area contributed by atoms with Gasteiger partial charge >= 0.3 is 0 Å². The third-order valence-corrected chi connectivity index (χ3v) is 3.15. The fourth-order valence-corrected chi connectivity index (χ4v) is 1.98. The topological polar surface area (TPSA) is 75.4 Å². The van der Waals surface area contributed by atoms with E-state index in [2.05, 4.69) is 5.32 Å². The summed E-state index contributed by atoms with van der Waals surface area (Å²) in [5, 5.41) is 11.8. The van der Waals surface area contributed by atoms with Gasteiger partial charge in [-0.2, -0.15) is 0 Å². The minimum Gasteiger partial charge on any atom is -0.399 e. The molecule has 0 saturated heterocycles. The summed E-state index contributed by atoms with van der Waals surface area (Å²) in [6.45, 7) is 2.34. The van der Waals surface area contributed by atoms with Gasteiger partial charge in [0.1, 0.15) is 0 Å². The van der Waals surface area contributed by atoms with E-state index in [0.717, 1.165) is 16.7 Å². The monoisotopic (exact) mass is 270 g/mol. The molecule has 0 aliphatic carbocycles. The summed E-state index contributed by atoms with van der Waals surface area (Å²) in [5.41, 5.74) is 9.65. The molecule has 0 bridgehead atoms. The van der Waals surface area contributed by atoms with E-state index >= 15 is 0 Å². The number of hydrogen-bond acceptors (Lipinski definition) is 3. The Kier molecular flexibility index (Phi) is 4.38. The molecule has 0 radical (unpaired) electrons. The molecule has 20 heavy (non-hydrogen) atoms. The number of aliphatic hydroxyl groups is 1. The Hall–Kier alpha value is -2.33. The second-order valence-corrected chi connectivity index (χ2v) is 4.73. The molecule has 0 aliphatic rings. The van der Waals surface area contributed by atoms with Crippen LogP contribution in [0.3, 0.4) is 0 Å². The minimum absolute atomic E-state index is 0.0251. The van der Waals surface area contributed by atoms with E-state index in [-0.39, 0.29) is 12.5 Å². The van der Waals surface area contributed by atoms with Crippen molar-refractivity contribution in [3.63, 3.8) is 0 Å². The van der Waals surface area contributed by atoms with Gasteiger partial charge in [-0.15, -0.1) is 0 Å². The van der Waals surface area contributed by atoms with Gasteiger partial charge in [-0.05, 0) is 41.8 Å². The minimum atomic E-state index is -0.117. The molecule has 0 spiro atoms. The maximum Gasteiger partial charge on any atom is 0.251 e. The van der Waals surface area contributed by atoms with Crippen molar-refractivity contribution in [3.05, 3.63) is 64.7 Å². The van der Waals surface area contributed by atoms with Crippen LogP contribution in [0.4, 0.5) is 5.69 Å². The van der Waals surface area contributed by atoms with E-state index in [9.17, 15) is 4.79 Å². The second-order valence-electron chi connectivity index (χ2n) is 4.73. The third-order valence-electron chi connectivity index (χ3n) is 3.15. The molecule has 0 atom stereocenters. The zero-order valence-electron chi connectivity index (χ0n) is 11.4. The van der Waals surface area contributed by atoms with E-state index < -0.39 is 0 Å². The van der Waals surface area contributed by atoms with Crippen LogP contribution in [0, 0.1) is 6.92 Å². The van der Waals surface area contributed by atoms with Crippen LogP contribution >= 0.6 is 0 Å². The fraction of sp³-hybridized carbons (Fsp3) is 0.188. The van der Waals surface area contributed by atoms with Crippen molar-refractivity contribution >= 4 is 11.6 Å². The fourth-order valence-electron chi connectivity index (χ4n) is 1.98. The molecule has 4 nitrogen and oxygen atoms in total. The Bertz CT molecular complexity index is 606. The van der Waals surface area contributed by atoms with Crippen LogP contribution in [-0.4, -0.2) is 11.0 Å². The molecule has 4 N–H and O–H groups in total. The van der Waals surface area contributed by atoms with Gasteiger partial charge in [-0.25, -0.2) is 0 Å². The van der Waals surface area contributed by atoms with Gasteiger partial charge in [0.05, 0.1) is 6.61 Å². The van der Waals surface area contributed by atoms with Crippen LogP contribution in [0.15, 0.2) is 42.5 Å². The lowest BCUT2D eigenvalue weighted by molar-refractivity contribution is 0.0950. The number of nitrogens with two attached hydrogens (primary N) is 1. The third kappa shape index (κ3) is 3.36. The standard InChI is InChI=1S/C16H18N2O2/c1-11-8-14(17)6-7-15(11)16(20)18-9-12-2-4-13(10-19)5-3-12/h2-8,19H,9-10,17H2,1H3,(H,18,20). The number of amides is 1. The Morgan fingerprint density at radius 1 is 1.15 bits per heavy atom. The zero-order chi connectivity index (χ0) is 14.5. The van der Waals surface area contributed by atoms with Gasteiger partial charge in [-0.1, -0.05) is 24.3 Å². The maximum absolute atomic E-state index is 12.1. The van der Waals surface area contributed by atoms with E-state index in [1.165, 1.54) is 0 Å². The largest absolute Gasteiger partial charge is 0.399 e. The first-order chi connectivity index (χ1) is 9.60. The van der Waals surface area contributed by atoms with Crippen molar-refractivity contribution in [1.29, 1.82) is 0 Å². The SMILES string of the molecule is Cc1cc(N)ccc1C(=O)NCc1ccc(CO)cc1. The predicted octanol–water partition coefficient (Wildman–Crippen LogP) is 2.00. The van der Waals surface area contributed by atoms with Crippen LogP contribution in [0.1, 0.15) is 27.0 Å². The molecule has 2 rings (SSSR count). The average molecular weight is 270 g/mol. The molecule has 4 heteroatoms. The number of hydrogen-bond donors (Lipinski definition) is 3. The number of carbonyl (C=O) groups is 1. The summed E-state index contributed by atoms with van der Waals surface area (Å²) in [4.78, 5) is 12.1. The van der Waals surface area contributed by atoms with Crippen molar-refractivity contribution in [1.82, 2.24) is 5.32 Å². The number of nitrogens with one attached hydrogen (secondary N) is 1. The smallest absolute Gasteiger partial charge is 0.251 e. The highest BCUT2D eigenvalue weighted by Gasteiger charge is 2.08. The van der Waals surface area contributed by atoms with Crippen LogP contribution in [0.5, 0.6) is 0 Å². The normalized spacial score (nSPS) is 10.3. The van der Waals surface area contributed by atoms with E-state index in [1.54, 1.807) is 18.2 Å². The Morgan fingerprint density at radius 2 is 1.80 bits per heavy atom. The summed E-state index contributed by atoms with van der Waals surface area (Å²) in [7, 11) is 0. The Morgan fingerprint density at radius 3 is 2.40 bits per heavy atom. The Balaban J connectivity index is 2.00. The molecule has 2 aromatic rings. The first kappa shape index (κ1) is 14.1. The van der Waals surface area contributed by atoms with Crippen LogP contribution in [0.2, 0.25) is 0 Å². The lowest BCUT2D eigenvalue weighted by atomic mass is 10.1. The van der Waals surface area contributed by atoms with E-state index in [4.69, 9.17) is 10.8 Å². The first-order valence-corrected chi connectivity index (χ1v) is 6.43. The van der Waals surface area contributed by atoms with Crippen molar-refractivity contribution in [2.75, 3.05) is 5.73 Å². The predicted molar refractivity (Wildman–Crippen MR) is 79.1 cm³/mol. The number of anilines is 1. The van der Waals surface area contributed by atoms with E-state index in [1.807, 2.05) is 31.2 Å². The number of carbonyl (C=O) groups excluding carboxylic acids is 1. The number of aryl methyl sites for hydroxylation is 1. The molecule has 0 aromatic heterocycles. The van der Waals surface area contributed by atoms with Gasteiger partial charge in [0.25, 0.3) is 5.91 Å². The number of rotatable bonds is 4. The highest BCUT2D eigenvalue weighted by Crippen LogP contribution is 2.12. The molecule has 0 fully saturated rings. The second kappa shape index (κ2) is 6.21. The van der Waals surface area contributed by atoms with E-state index in [0.29, 0.717) is 17.8 Å². The van der Waals surface area contributed by atoms with Crippen molar-refractivity contribution in [2.24, 2.45) is 0 Å². The highest BCUT2D eigenvalue weighted by molar-refractivity contribution is 5.95. The molecule has 1 amide bonds. The molecular formula is C16H18N2O2. The molecule has 0 heterocycles. The van der Waals surface area contributed by atoms with Crippen LogP contribution < -0.4 is 11.1 Å². The van der Waals surface area contributed by atoms with Gasteiger partial charge in [-0.3, -0.25) is 4.79 Å². The molecule has 0 aliphatic heterocycles. The summed E-state index contributed by atoms with van der Waals surface area (Å²) < 4.78 is 0. The molecular weight excluding hydrogens is 252 g/mol. The van der Waals surface area contributed by atoms with Crippen molar-refractivity contribution in [2.45, 2.75) is 20.1 Å². The Labute approximate surface area is 118 Å². The number of aliphatic hydroxyl groups excluding tert-OH is 1. The summed E-state index contributed by atoms with van der Waals surface area (Å²) in [6.07, 6.45) is 0. The van der Waals surface area contributed by atoms with Gasteiger partial charge in [0.15, 0.2) is 0 Å². The maximum atomic E-state index is 12.1. The molecule has 104 valence electrons. The lowest BCUT2D eigenvalue weighted by Crippen LogP contribution is -2.23. The lowest BCUT2D eigenvalue weighted by Gasteiger charge is -2.09. The average Bonchev–Trinajstić information content (AvgIpc) is 2.45.